The highest BCUT2D eigenvalue weighted by Crippen LogP contribution is 2.21. The average molecular weight is 277 g/mol. The van der Waals surface area contributed by atoms with E-state index >= 15 is 0 Å². The molecule has 3 N–H and O–H groups in total. The van der Waals surface area contributed by atoms with Gasteiger partial charge in [0.25, 0.3) is 0 Å². The first-order valence-electron chi connectivity index (χ1n) is 6.60. The summed E-state index contributed by atoms with van der Waals surface area (Å²) < 4.78 is 0. The predicted octanol–water partition coefficient (Wildman–Crippen LogP) is 1.36. The van der Waals surface area contributed by atoms with Crippen molar-refractivity contribution in [2.45, 2.75) is 33.7 Å². The quantitative estimate of drug-likeness (QED) is 0.872. The van der Waals surface area contributed by atoms with Crippen LogP contribution in [0.1, 0.15) is 23.6 Å². The zero-order chi connectivity index (χ0) is 15.4. The highest BCUT2D eigenvalue weighted by molar-refractivity contribution is 5.96. The third-order valence-corrected chi connectivity index (χ3v) is 3.09. The zero-order valence-electron chi connectivity index (χ0n) is 12.8. The largest absolute Gasteiger partial charge is 0.335 e. The molecule has 0 radical (unpaired) electrons. The van der Waals surface area contributed by atoms with Crippen LogP contribution in [-0.2, 0) is 9.59 Å². The van der Waals surface area contributed by atoms with Crippen LogP contribution in [0.25, 0.3) is 0 Å². The van der Waals surface area contributed by atoms with E-state index in [-0.39, 0.29) is 18.4 Å². The Bertz CT molecular complexity index is 501. The highest BCUT2D eigenvalue weighted by atomic mass is 16.2. The lowest BCUT2D eigenvalue weighted by molar-refractivity contribution is -0.134. The molecule has 110 valence electrons. The van der Waals surface area contributed by atoms with Gasteiger partial charge in [-0.3, -0.25) is 9.59 Å². The van der Waals surface area contributed by atoms with Crippen molar-refractivity contribution >= 4 is 17.5 Å². The fourth-order valence-corrected chi connectivity index (χ4v) is 2.20. The molecule has 0 heterocycles. The van der Waals surface area contributed by atoms with Gasteiger partial charge in [0, 0.05) is 12.7 Å². The minimum Gasteiger partial charge on any atom is -0.335 e. The number of nitrogens with two attached hydrogens (primary N) is 1. The number of hydrogen-bond donors (Lipinski definition) is 2. The number of amides is 2. The molecule has 0 bridgehead atoms. The van der Waals surface area contributed by atoms with Crippen molar-refractivity contribution in [3.8, 4) is 0 Å². The lowest BCUT2D eigenvalue weighted by atomic mass is 10.1. The molecule has 20 heavy (non-hydrogen) atoms. The second-order valence-electron chi connectivity index (χ2n) is 5.30. The number of aryl methyl sites for hydroxylation is 3. The van der Waals surface area contributed by atoms with Crippen molar-refractivity contribution in [3.63, 3.8) is 0 Å². The van der Waals surface area contributed by atoms with Crippen LogP contribution in [-0.4, -0.2) is 36.3 Å². The second kappa shape index (κ2) is 6.52. The molecule has 1 aromatic rings. The molecule has 0 aliphatic rings. The fraction of sp³-hybridized carbons (Fsp3) is 0.467. The molecule has 0 saturated heterocycles. The van der Waals surface area contributed by atoms with Crippen LogP contribution in [0.4, 0.5) is 5.69 Å². The van der Waals surface area contributed by atoms with Gasteiger partial charge in [0.1, 0.15) is 0 Å². The Balaban J connectivity index is 2.75. The summed E-state index contributed by atoms with van der Waals surface area (Å²) in [6, 6.07) is 3.43. The van der Waals surface area contributed by atoms with Gasteiger partial charge in [-0.15, -0.1) is 0 Å². The van der Waals surface area contributed by atoms with Gasteiger partial charge in [-0.1, -0.05) is 17.7 Å². The number of anilines is 1. The van der Waals surface area contributed by atoms with Crippen molar-refractivity contribution in [1.82, 2.24) is 4.90 Å². The molecule has 0 spiro atoms. The fourth-order valence-electron chi connectivity index (χ4n) is 2.20. The van der Waals surface area contributed by atoms with Gasteiger partial charge < -0.3 is 16.0 Å². The molecule has 5 nitrogen and oxygen atoms in total. The van der Waals surface area contributed by atoms with Crippen LogP contribution in [0.5, 0.6) is 0 Å². The topological polar surface area (TPSA) is 75.4 Å². The van der Waals surface area contributed by atoms with Crippen LogP contribution in [0.2, 0.25) is 0 Å². The van der Waals surface area contributed by atoms with Gasteiger partial charge in [0.15, 0.2) is 0 Å². The van der Waals surface area contributed by atoms with Crippen molar-refractivity contribution in [1.29, 1.82) is 0 Å². The summed E-state index contributed by atoms with van der Waals surface area (Å²) in [7, 11) is 1.57. The Morgan fingerprint density at radius 3 is 2.20 bits per heavy atom. The maximum atomic E-state index is 12.0. The van der Waals surface area contributed by atoms with Crippen LogP contribution < -0.4 is 11.1 Å². The van der Waals surface area contributed by atoms with Gasteiger partial charge in [-0.05, 0) is 38.8 Å². The van der Waals surface area contributed by atoms with E-state index in [0.29, 0.717) is 0 Å². The monoisotopic (exact) mass is 277 g/mol. The molecule has 1 rings (SSSR count). The molecule has 1 aromatic carbocycles. The second-order valence-corrected chi connectivity index (χ2v) is 5.30. The van der Waals surface area contributed by atoms with Crippen LogP contribution in [0.3, 0.4) is 0 Å². The third kappa shape index (κ3) is 4.06. The van der Waals surface area contributed by atoms with E-state index < -0.39 is 6.04 Å². The number of hydrogen-bond acceptors (Lipinski definition) is 3. The standard InChI is InChI=1S/C15H23N3O2/c1-9-6-10(2)14(11(3)7-9)17-13(19)8-18(5)15(20)12(4)16/h6-7,12H,8,16H2,1-5H3,(H,17,19)/t12-/m1/s1. The number of likely N-dealkylation sites (N-methyl/N-ethyl adjacent to an activating group) is 1. The lowest BCUT2D eigenvalue weighted by Gasteiger charge is -2.20. The van der Waals surface area contributed by atoms with E-state index in [1.165, 1.54) is 4.90 Å². The van der Waals surface area contributed by atoms with Crippen molar-refractivity contribution in [2.75, 3.05) is 18.9 Å². The third-order valence-electron chi connectivity index (χ3n) is 3.09. The van der Waals surface area contributed by atoms with Crippen LogP contribution in [0.15, 0.2) is 12.1 Å². The number of nitrogens with one attached hydrogen (secondary N) is 1. The summed E-state index contributed by atoms with van der Waals surface area (Å²) in [5.41, 5.74) is 9.49. The smallest absolute Gasteiger partial charge is 0.243 e. The Labute approximate surface area is 120 Å². The maximum absolute atomic E-state index is 12.0. The molecule has 2 amide bonds. The summed E-state index contributed by atoms with van der Waals surface area (Å²) in [5.74, 6) is -0.478. The number of rotatable bonds is 4. The normalized spacial score (nSPS) is 11.9. The van der Waals surface area contributed by atoms with Crippen molar-refractivity contribution < 1.29 is 9.59 Å². The average Bonchev–Trinajstić information content (AvgIpc) is 2.32. The van der Waals surface area contributed by atoms with E-state index in [2.05, 4.69) is 5.32 Å². The Morgan fingerprint density at radius 2 is 1.75 bits per heavy atom. The molecule has 0 unspecified atom stereocenters. The molecule has 5 heteroatoms. The first-order chi connectivity index (χ1) is 9.22. The number of benzene rings is 1. The number of carbonyl (C=O) groups is 2. The van der Waals surface area contributed by atoms with Gasteiger partial charge in [-0.2, -0.15) is 0 Å². The lowest BCUT2D eigenvalue weighted by Crippen LogP contribution is -2.43. The molecule has 0 aliphatic carbocycles. The van der Waals surface area contributed by atoms with E-state index in [0.717, 1.165) is 22.4 Å². The Hall–Kier alpha value is -1.88. The van der Waals surface area contributed by atoms with E-state index in [4.69, 9.17) is 5.73 Å². The van der Waals surface area contributed by atoms with Crippen molar-refractivity contribution in [2.24, 2.45) is 5.73 Å². The van der Waals surface area contributed by atoms with E-state index in [9.17, 15) is 9.59 Å². The van der Waals surface area contributed by atoms with E-state index in [1.807, 2.05) is 32.9 Å². The maximum Gasteiger partial charge on any atom is 0.243 e. The minimum absolute atomic E-state index is 0.00682. The van der Waals surface area contributed by atoms with Gasteiger partial charge in [-0.25, -0.2) is 0 Å². The van der Waals surface area contributed by atoms with Gasteiger partial charge in [0.2, 0.25) is 11.8 Å². The Kier molecular flexibility index (Phi) is 5.27. The van der Waals surface area contributed by atoms with E-state index in [1.54, 1.807) is 14.0 Å². The zero-order valence-corrected chi connectivity index (χ0v) is 12.8. The first-order valence-corrected chi connectivity index (χ1v) is 6.60. The molecule has 0 aliphatic heterocycles. The Morgan fingerprint density at radius 1 is 1.25 bits per heavy atom. The molecule has 1 atom stereocenters. The van der Waals surface area contributed by atoms with Crippen LogP contribution >= 0.6 is 0 Å². The number of nitrogens with zero attached hydrogens (tertiary/aromatic N) is 1. The van der Waals surface area contributed by atoms with Crippen LogP contribution in [0, 0.1) is 20.8 Å². The summed E-state index contributed by atoms with van der Waals surface area (Å²) in [4.78, 5) is 25.0. The molecular formula is C15H23N3O2. The summed E-state index contributed by atoms with van der Waals surface area (Å²) >= 11 is 0. The van der Waals surface area contributed by atoms with Gasteiger partial charge in [0.05, 0.1) is 12.6 Å². The predicted molar refractivity (Wildman–Crippen MR) is 80.6 cm³/mol. The summed E-state index contributed by atoms with van der Waals surface area (Å²) in [6.07, 6.45) is 0. The number of carbonyl (C=O) groups excluding carboxylic acids is 2. The SMILES string of the molecule is Cc1cc(C)c(NC(=O)CN(C)C(=O)[C@@H](C)N)c(C)c1. The summed E-state index contributed by atoms with van der Waals surface area (Å²) in [5, 5.41) is 2.86. The molecule has 0 fully saturated rings. The van der Waals surface area contributed by atoms with Crippen molar-refractivity contribution in [3.05, 3.63) is 28.8 Å². The molecule has 0 saturated carbocycles. The molecular weight excluding hydrogens is 254 g/mol. The molecule has 0 aromatic heterocycles. The summed E-state index contributed by atoms with van der Waals surface area (Å²) in [6.45, 7) is 7.51. The van der Waals surface area contributed by atoms with Gasteiger partial charge >= 0.3 is 0 Å². The first kappa shape index (κ1) is 16.2. The minimum atomic E-state index is -0.601. The highest BCUT2D eigenvalue weighted by Gasteiger charge is 2.17.